The molecule has 2 heteroatoms. The highest BCUT2D eigenvalue weighted by Crippen LogP contribution is 2.36. The molecule has 0 saturated carbocycles. The van der Waals surface area contributed by atoms with Crippen molar-refractivity contribution in [1.82, 2.24) is 4.98 Å². The Hall–Kier alpha value is -3.26. The van der Waals surface area contributed by atoms with Gasteiger partial charge in [0, 0.05) is 28.4 Å². The SMILES string of the molecule is C=C(c1c[nH]c2cc(CCCC)ccc12)C(Nc1cccc(C)c1)c1ccccc1. The number of fused-ring (bicyclic) bond motifs is 1. The molecule has 0 aliphatic rings. The number of H-pyrrole nitrogens is 1. The van der Waals surface area contributed by atoms with Gasteiger partial charge in [0.05, 0.1) is 6.04 Å². The van der Waals surface area contributed by atoms with Gasteiger partial charge in [-0.25, -0.2) is 0 Å². The number of hydrogen-bond donors (Lipinski definition) is 2. The fourth-order valence-corrected chi connectivity index (χ4v) is 4.05. The highest BCUT2D eigenvalue weighted by Gasteiger charge is 2.19. The largest absolute Gasteiger partial charge is 0.374 e. The van der Waals surface area contributed by atoms with E-state index in [0.717, 1.165) is 17.7 Å². The van der Waals surface area contributed by atoms with Gasteiger partial charge >= 0.3 is 0 Å². The number of rotatable bonds is 8. The fraction of sp³-hybridized carbons (Fsp3) is 0.214. The van der Waals surface area contributed by atoms with E-state index in [2.05, 4.69) is 110 Å². The predicted octanol–water partition coefficient (Wildman–Crippen LogP) is 7.69. The van der Waals surface area contributed by atoms with Crippen molar-refractivity contribution in [2.75, 3.05) is 5.32 Å². The first-order valence-corrected chi connectivity index (χ1v) is 10.8. The highest BCUT2D eigenvalue weighted by molar-refractivity contribution is 5.94. The van der Waals surface area contributed by atoms with Gasteiger partial charge in [-0.2, -0.15) is 0 Å². The summed E-state index contributed by atoms with van der Waals surface area (Å²) in [5.41, 5.74) is 8.35. The van der Waals surface area contributed by atoms with Crippen molar-refractivity contribution < 1.29 is 0 Å². The first-order chi connectivity index (χ1) is 14.7. The molecule has 2 nitrogen and oxygen atoms in total. The summed E-state index contributed by atoms with van der Waals surface area (Å²) >= 11 is 0. The van der Waals surface area contributed by atoms with E-state index < -0.39 is 0 Å². The Bertz CT molecular complexity index is 1140. The van der Waals surface area contributed by atoms with Crippen LogP contribution in [0.4, 0.5) is 5.69 Å². The molecule has 0 aliphatic carbocycles. The summed E-state index contributed by atoms with van der Waals surface area (Å²) in [6.07, 6.45) is 5.67. The van der Waals surface area contributed by atoms with Crippen LogP contribution in [0, 0.1) is 6.92 Å². The van der Waals surface area contributed by atoms with E-state index in [1.165, 1.54) is 46.0 Å². The number of aromatic amines is 1. The molecule has 0 amide bonds. The average Bonchev–Trinajstić information content (AvgIpc) is 3.19. The lowest BCUT2D eigenvalue weighted by Gasteiger charge is -2.23. The zero-order valence-corrected chi connectivity index (χ0v) is 17.9. The quantitative estimate of drug-likeness (QED) is 0.315. The Balaban J connectivity index is 1.69. The molecule has 0 aliphatic heterocycles. The normalized spacial score (nSPS) is 12.1. The van der Waals surface area contributed by atoms with Gasteiger partial charge in [0.25, 0.3) is 0 Å². The predicted molar refractivity (Wildman–Crippen MR) is 130 cm³/mol. The second kappa shape index (κ2) is 9.04. The molecular formula is C28H30N2. The molecular weight excluding hydrogens is 364 g/mol. The van der Waals surface area contributed by atoms with E-state index in [-0.39, 0.29) is 6.04 Å². The maximum atomic E-state index is 4.53. The molecule has 0 saturated heterocycles. The van der Waals surface area contributed by atoms with Crippen molar-refractivity contribution >= 4 is 22.2 Å². The summed E-state index contributed by atoms with van der Waals surface area (Å²) < 4.78 is 0. The zero-order chi connectivity index (χ0) is 20.9. The van der Waals surface area contributed by atoms with Crippen LogP contribution in [0.15, 0.2) is 85.6 Å². The van der Waals surface area contributed by atoms with Crippen molar-refractivity contribution in [3.63, 3.8) is 0 Å². The highest BCUT2D eigenvalue weighted by atomic mass is 14.9. The molecule has 4 rings (SSSR count). The summed E-state index contributed by atoms with van der Waals surface area (Å²) in [5, 5.41) is 4.94. The second-order valence-electron chi connectivity index (χ2n) is 8.07. The number of benzene rings is 3. The minimum atomic E-state index is -0.00762. The smallest absolute Gasteiger partial charge is 0.0768 e. The Morgan fingerprint density at radius 2 is 1.83 bits per heavy atom. The van der Waals surface area contributed by atoms with E-state index in [1.54, 1.807) is 0 Å². The third-order valence-corrected chi connectivity index (χ3v) is 5.72. The number of anilines is 1. The molecule has 0 bridgehead atoms. The molecule has 3 aromatic carbocycles. The van der Waals surface area contributed by atoms with Gasteiger partial charge in [0.15, 0.2) is 0 Å². The van der Waals surface area contributed by atoms with Gasteiger partial charge in [-0.15, -0.1) is 0 Å². The van der Waals surface area contributed by atoms with E-state index in [0.29, 0.717) is 0 Å². The lowest BCUT2D eigenvalue weighted by Crippen LogP contribution is -2.12. The van der Waals surface area contributed by atoms with Crippen LogP contribution in [-0.2, 0) is 6.42 Å². The summed E-state index contributed by atoms with van der Waals surface area (Å²) in [4.78, 5) is 3.48. The Morgan fingerprint density at radius 3 is 2.60 bits per heavy atom. The molecule has 1 atom stereocenters. The van der Waals surface area contributed by atoms with Gasteiger partial charge < -0.3 is 10.3 Å². The lowest BCUT2D eigenvalue weighted by molar-refractivity contribution is 0.796. The number of nitrogens with one attached hydrogen (secondary N) is 2. The van der Waals surface area contributed by atoms with Gasteiger partial charge in [-0.3, -0.25) is 0 Å². The molecule has 152 valence electrons. The van der Waals surface area contributed by atoms with Gasteiger partial charge in [-0.1, -0.05) is 74.5 Å². The second-order valence-corrected chi connectivity index (χ2v) is 8.07. The lowest BCUT2D eigenvalue weighted by atomic mass is 9.93. The molecule has 1 heterocycles. The van der Waals surface area contributed by atoms with E-state index >= 15 is 0 Å². The molecule has 2 N–H and O–H groups in total. The first kappa shape index (κ1) is 20.0. The van der Waals surface area contributed by atoms with E-state index in [1.807, 2.05) is 0 Å². The summed E-state index contributed by atoms with van der Waals surface area (Å²) in [5.74, 6) is 0. The standard InChI is InChI=1S/C28H30N2/c1-4-5-11-22-15-16-25-26(19-29-27(25)18-22)21(3)28(23-12-7-6-8-13-23)30-24-14-9-10-20(2)17-24/h6-10,12-19,28-30H,3-5,11H2,1-2H3. The van der Waals surface area contributed by atoms with Crippen LogP contribution in [0.3, 0.4) is 0 Å². The van der Waals surface area contributed by atoms with Crippen LogP contribution < -0.4 is 5.32 Å². The Morgan fingerprint density at radius 1 is 1.00 bits per heavy atom. The van der Waals surface area contributed by atoms with Crippen LogP contribution in [0.2, 0.25) is 0 Å². The third-order valence-electron chi connectivity index (χ3n) is 5.72. The van der Waals surface area contributed by atoms with Gasteiger partial charge in [0.2, 0.25) is 0 Å². The molecule has 1 aromatic heterocycles. The van der Waals surface area contributed by atoms with Crippen LogP contribution >= 0.6 is 0 Å². The summed E-state index contributed by atoms with van der Waals surface area (Å²) in [6, 6.07) is 25.8. The minimum absolute atomic E-state index is 0.00762. The Labute approximate surface area is 179 Å². The number of unbranched alkanes of at least 4 members (excludes halogenated alkanes) is 1. The van der Waals surface area contributed by atoms with Gasteiger partial charge in [0.1, 0.15) is 0 Å². The Kier molecular flexibility index (Phi) is 6.04. The zero-order valence-electron chi connectivity index (χ0n) is 17.9. The van der Waals surface area contributed by atoms with E-state index in [4.69, 9.17) is 0 Å². The van der Waals surface area contributed by atoms with Crippen LogP contribution in [0.25, 0.3) is 16.5 Å². The topological polar surface area (TPSA) is 27.8 Å². The monoisotopic (exact) mass is 394 g/mol. The number of aromatic nitrogens is 1. The van der Waals surface area contributed by atoms with Gasteiger partial charge in [-0.05, 0) is 60.2 Å². The first-order valence-electron chi connectivity index (χ1n) is 10.8. The van der Waals surface area contributed by atoms with Crippen molar-refractivity contribution in [3.05, 3.63) is 108 Å². The van der Waals surface area contributed by atoms with Crippen molar-refractivity contribution in [2.45, 2.75) is 39.2 Å². The average molecular weight is 395 g/mol. The number of hydrogen-bond acceptors (Lipinski definition) is 1. The maximum absolute atomic E-state index is 4.53. The summed E-state index contributed by atoms with van der Waals surface area (Å²) in [6.45, 7) is 8.89. The van der Waals surface area contributed by atoms with Crippen LogP contribution in [0.5, 0.6) is 0 Å². The molecule has 4 aromatic rings. The maximum Gasteiger partial charge on any atom is 0.0768 e. The third kappa shape index (κ3) is 4.33. The molecule has 30 heavy (non-hydrogen) atoms. The fourth-order valence-electron chi connectivity index (χ4n) is 4.05. The number of aryl methyl sites for hydroxylation is 2. The molecule has 0 fully saturated rings. The minimum Gasteiger partial charge on any atom is -0.374 e. The van der Waals surface area contributed by atoms with Crippen LogP contribution in [-0.4, -0.2) is 4.98 Å². The van der Waals surface area contributed by atoms with Crippen molar-refractivity contribution in [1.29, 1.82) is 0 Å². The van der Waals surface area contributed by atoms with E-state index in [9.17, 15) is 0 Å². The summed E-state index contributed by atoms with van der Waals surface area (Å²) in [7, 11) is 0. The molecule has 0 spiro atoms. The van der Waals surface area contributed by atoms with Crippen LogP contribution in [0.1, 0.15) is 48.1 Å². The molecule has 0 radical (unpaired) electrons. The molecule has 1 unspecified atom stereocenters. The van der Waals surface area contributed by atoms with Crippen molar-refractivity contribution in [3.8, 4) is 0 Å². The van der Waals surface area contributed by atoms with Crippen molar-refractivity contribution in [2.24, 2.45) is 0 Å².